The molecule has 0 bridgehead atoms. The molecule has 0 N–H and O–H groups in total. The lowest BCUT2D eigenvalue weighted by Gasteiger charge is -2.10. The van der Waals surface area contributed by atoms with E-state index in [-0.39, 0.29) is 11.4 Å². The number of methoxy groups -OCH3 is 2. The molecule has 0 radical (unpaired) electrons. The first-order chi connectivity index (χ1) is 10.0. The van der Waals surface area contributed by atoms with Crippen LogP contribution in [0.25, 0.3) is 0 Å². The number of hydrogen-bond donors (Lipinski definition) is 0. The normalized spacial score (nSPS) is 10.2. The summed E-state index contributed by atoms with van der Waals surface area (Å²) in [4.78, 5) is 12.3. The van der Waals surface area contributed by atoms with E-state index in [1.54, 1.807) is 6.07 Å². The van der Waals surface area contributed by atoms with Crippen LogP contribution in [-0.4, -0.2) is 19.1 Å². The number of hydrogen-bond acceptors (Lipinski definition) is 5. The predicted octanol–water partition coefficient (Wildman–Crippen LogP) is 4.07. The molecule has 5 nitrogen and oxygen atoms in total. The molecule has 0 heterocycles. The highest BCUT2D eigenvalue weighted by atomic mass is 32.2. The lowest BCUT2D eigenvalue weighted by atomic mass is 10.2. The molecule has 0 spiro atoms. The molecule has 0 aromatic heterocycles. The van der Waals surface area contributed by atoms with E-state index >= 15 is 0 Å². The summed E-state index contributed by atoms with van der Waals surface area (Å²) in [5.41, 5.74) is 1.07. The quantitative estimate of drug-likeness (QED) is 0.615. The zero-order chi connectivity index (χ0) is 15.4. The molecular formula is C15H15NO4S. The van der Waals surface area contributed by atoms with Gasteiger partial charge < -0.3 is 9.47 Å². The first-order valence-corrected chi connectivity index (χ1v) is 7.01. The number of benzene rings is 2. The van der Waals surface area contributed by atoms with Gasteiger partial charge in [-0.15, -0.1) is 0 Å². The van der Waals surface area contributed by atoms with Crippen LogP contribution in [0.15, 0.2) is 46.2 Å². The van der Waals surface area contributed by atoms with Crippen molar-refractivity contribution in [1.29, 1.82) is 0 Å². The van der Waals surface area contributed by atoms with Crippen LogP contribution in [0.4, 0.5) is 5.69 Å². The van der Waals surface area contributed by atoms with Crippen molar-refractivity contribution in [2.24, 2.45) is 0 Å². The average molecular weight is 305 g/mol. The molecule has 0 saturated carbocycles. The van der Waals surface area contributed by atoms with Crippen LogP contribution in [0.5, 0.6) is 11.5 Å². The summed E-state index contributed by atoms with van der Waals surface area (Å²) in [7, 11) is 2.90. The largest absolute Gasteiger partial charge is 0.495 e. The first kappa shape index (κ1) is 15.2. The molecule has 110 valence electrons. The second-order valence-corrected chi connectivity index (χ2v) is 5.46. The maximum absolute atomic E-state index is 11.0. The summed E-state index contributed by atoms with van der Waals surface area (Å²) in [6.07, 6.45) is 0. The molecule has 0 atom stereocenters. The third-order valence-corrected chi connectivity index (χ3v) is 3.96. The van der Waals surface area contributed by atoms with Crippen molar-refractivity contribution in [1.82, 2.24) is 0 Å². The Hall–Kier alpha value is -2.21. The second kappa shape index (κ2) is 6.49. The van der Waals surface area contributed by atoms with Gasteiger partial charge in [-0.3, -0.25) is 10.1 Å². The highest BCUT2D eigenvalue weighted by molar-refractivity contribution is 7.99. The van der Waals surface area contributed by atoms with Gasteiger partial charge in [-0.2, -0.15) is 0 Å². The molecule has 2 aromatic rings. The highest BCUT2D eigenvalue weighted by Crippen LogP contribution is 2.42. The van der Waals surface area contributed by atoms with E-state index in [1.165, 1.54) is 37.6 Å². The Kier molecular flexibility index (Phi) is 4.70. The fourth-order valence-corrected chi connectivity index (χ4v) is 2.74. The van der Waals surface area contributed by atoms with Gasteiger partial charge in [0, 0.05) is 11.0 Å². The number of nitro groups is 1. The molecule has 0 aliphatic carbocycles. The molecule has 6 heteroatoms. The van der Waals surface area contributed by atoms with E-state index in [9.17, 15) is 10.1 Å². The molecule has 0 saturated heterocycles. The van der Waals surface area contributed by atoms with Crippen LogP contribution in [0.3, 0.4) is 0 Å². The monoisotopic (exact) mass is 305 g/mol. The van der Waals surface area contributed by atoms with Crippen molar-refractivity contribution in [3.05, 3.63) is 52.1 Å². The van der Waals surface area contributed by atoms with E-state index in [1.807, 2.05) is 31.2 Å². The Balaban J connectivity index is 2.42. The number of aryl methyl sites for hydroxylation is 1. The van der Waals surface area contributed by atoms with Crippen molar-refractivity contribution in [2.45, 2.75) is 16.7 Å². The molecule has 0 fully saturated rings. The smallest absolute Gasteiger partial charge is 0.314 e. The zero-order valence-electron chi connectivity index (χ0n) is 12.0. The van der Waals surface area contributed by atoms with Crippen LogP contribution >= 0.6 is 11.8 Å². The average Bonchev–Trinajstić information content (AvgIpc) is 2.48. The minimum absolute atomic E-state index is 0.109. The summed E-state index contributed by atoms with van der Waals surface area (Å²) in [6.45, 7) is 2.02. The van der Waals surface area contributed by atoms with Gasteiger partial charge in [0.05, 0.1) is 30.1 Å². The Labute approximate surface area is 127 Å². The van der Waals surface area contributed by atoms with Crippen LogP contribution in [0.2, 0.25) is 0 Å². The van der Waals surface area contributed by atoms with Gasteiger partial charge in [0.1, 0.15) is 5.75 Å². The van der Waals surface area contributed by atoms with E-state index in [0.29, 0.717) is 5.75 Å². The predicted molar refractivity (Wildman–Crippen MR) is 81.5 cm³/mol. The van der Waals surface area contributed by atoms with Gasteiger partial charge >= 0.3 is 5.69 Å². The maximum atomic E-state index is 11.0. The molecule has 0 aliphatic heterocycles. The van der Waals surface area contributed by atoms with Crippen molar-refractivity contribution in [2.75, 3.05) is 14.2 Å². The maximum Gasteiger partial charge on any atom is 0.314 e. The van der Waals surface area contributed by atoms with Crippen LogP contribution in [-0.2, 0) is 0 Å². The number of nitro benzene ring substituents is 1. The van der Waals surface area contributed by atoms with Crippen LogP contribution < -0.4 is 9.47 Å². The van der Waals surface area contributed by atoms with Crippen molar-refractivity contribution in [3.63, 3.8) is 0 Å². The zero-order valence-corrected chi connectivity index (χ0v) is 12.8. The summed E-state index contributed by atoms with van der Waals surface area (Å²) in [5, 5.41) is 11.0. The topological polar surface area (TPSA) is 61.6 Å². The van der Waals surface area contributed by atoms with Gasteiger partial charge in [0.15, 0.2) is 5.75 Å². The summed E-state index contributed by atoms with van der Waals surface area (Å²) >= 11 is 1.47. The fraction of sp³-hybridized carbons (Fsp3) is 0.200. The van der Waals surface area contributed by atoms with E-state index in [0.717, 1.165) is 9.79 Å². The lowest BCUT2D eigenvalue weighted by Crippen LogP contribution is -1.96. The summed E-state index contributed by atoms with van der Waals surface area (Å²) in [6, 6.07) is 11.0. The SMILES string of the molecule is COc1cc([N+](=O)[O-])c(OC)cc1Sc1ccc(C)cc1. The number of rotatable bonds is 5. The lowest BCUT2D eigenvalue weighted by molar-refractivity contribution is -0.385. The minimum atomic E-state index is -0.484. The minimum Gasteiger partial charge on any atom is -0.495 e. The van der Waals surface area contributed by atoms with Crippen molar-refractivity contribution < 1.29 is 14.4 Å². The van der Waals surface area contributed by atoms with Gasteiger partial charge in [-0.1, -0.05) is 29.5 Å². The number of nitrogens with zero attached hydrogens (tertiary/aromatic N) is 1. The second-order valence-electron chi connectivity index (χ2n) is 4.35. The molecule has 2 rings (SSSR count). The highest BCUT2D eigenvalue weighted by Gasteiger charge is 2.20. The van der Waals surface area contributed by atoms with Crippen molar-refractivity contribution in [3.8, 4) is 11.5 Å². The Bertz CT molecular complexity index is 655. The Morgan fingerprint density at radius 2 is 1.67 bits per heavy atom. The molecule has 21 heavy (non-hydrogen) atoms. The summed E-state index contributed by atoms with van der Waals surface area (Å²) in [5.74, 6) is 0.670. The molecule has 0 unspecified atom stereocenters. The van der Waals surface area contributed by atoms with E-state index in [2.05, 4.69) is 0 Å². The standard InChI is InChI=1S/C15H15NO4S/c1-10-4-6-11(7-5-10)21-15-9-13(19-2)12(16(17)18)8-14(15)20-3/h4-9H,1-3H3. The Morgan fingerprint density at radius 3 is 2.19 bits per heavy atom. The number of ether oxygens (including phenoxy) is 2. The van der Waals surface area contributed by atoms with E-state index in [4.69, 9.17) is 9.47 Å². The Morgan fingerprint density at radius 1 is 1.05 bits per heavy atom. The first-order valence-electron chi connectivity index (χ1n) is 6.20. The van der Waals surface area contributed by atoms with Crippen LogP contribution in [0.1, 0.15) is 5.56 Å². The molecule has 0 aliphatic rings. The fourth-order valence-electron chi connectivity index (χ4n) is 1.81. The van der Waals surface area contributed by atoms with Gasteiger partial charge in [-0.05, 0) is 19.1 Å². The van der Waals surface area contributed by atoms with Gasteiger partial charge in [0.25, 0.3) is 0 Å². The van der Waals surface area contributed by atoms with Crippen LogP contribution in [0, 0.1) is 17.0 Å². The molecule has 2 aromatic carbocycles. The van der Waals surface area contributed by atoms with Gasteiger partial charge in [-0.25, -0.2) is 0 Å². The van der Waals surface area contributed by atoms with Gasteiger partial charge in [0.2, 0.25) is 0 Å². The van der Waals surface area contributed by atoms with Crippen molar-refractivity contribution >= 4 is 17.4 Å². The van der Waals surface area contributed by atoms with E-state index < -0.39 is 4.92 Å². The molecular weight excluding hydrogens is 290 g/mol. The third kappa shape index (κ3) is 3.46. The summed E-state index contributed by atoms with van der Waals surface area (Å²) < 4.78 is 10.3. The molecule has 0 amide bonds. The third-order valence-electron chi connectivity index (χ3n) is 2.91.